The van der Waals surface area contributed by atoms with Gasteiger partial charge in [0.15, 0.2) is 16.7 Å². The van der Waals surface area contributed by atoms with Crippen molar-refractivity contribution in [2.45, 2.75) is 25.8 Å². The van der Waals surface area contributed by atoms with Crippen LogP contribution in [0.15, 0.2) is 45.6 Å². The minimum absolute atomic E-state index is 0.0948. The number of rotatable bonds is 10. The summed E-state index contributed by atoms with van der Waals surface area (Å²) in [6.45, 7) is 6.47. The predicted molar refractivity (Wildman–Crippen MR) is 141 cm³/mol. The Labute approximate surface area is 221 Å². The Kier molecular flexibility index (Phi) is 9.12. The molecule has 1 amide bonds. The topological polar surface area (TPSA) is 102 Å². The fraction of sp³-hybridized carbons (Fsp3) is 0.500. The number of carbonyl (C=O) groups is 2. The van der Waals surface area contributed by atoms with E-state index in [1.54, 1.807) is 20.3 Å². The van der Waals surface area contributed by atoms with Crippen molar-refractivity contribution in [2.24, 2.45) is 4.99 Å². The van der Waals surface area contributed by atoms with Crippen LogP contribution in [0.3, 0.4) is 0 Å². The number of nitrogens with zero attached hydrogens (tertiary/aromatic N) is 3. The van der Waals surface area contributed by atoms with Crippen molar-refractivity contribution in [3.63, 3.8) is 0 Å². The molecule has 4 rings (SSSR count). The number of hydrogen-bond donors (Lipinski definition) is 1. The highest BCUT2D eigenvalue weighted by Gasteiger charge is 2.43. The molecule has 1 aromatic rings. The summed E-state index contributed by atoms with van der Waals surface area (Å²) < 4.78 is 21.9. The lowest BCUT2D eigenvalue weighted by Crippen LogP contribution is -2.42. The number of benzene rings is 1. The second kappa shape index (κ2) is 12.5. The number of methoxy groups -OCH3 is 3. The molecule has 0 spiro atoms. The fourth-order valence-electron chi connectivity index (χ4n) is 4.74. The number of nitrogens with one attached hydrogen (secondary N) is 1. The van der Waals surface area contributed by atoms with E-state index in [0.29, 0.717) is 40.9 Å². The highest BCUT2D eigenvalue weighted by molar-refractivity contribution is 8.16. The minimum atomic E-state index is -0.595. The first-order chi connectivity index (χ1) is 18.0. The molecule has 1 N–H and O–H groups in total. The third-order valence-corrected chi connectivity index (χ3v) is 7.44. The molecular formula is C26H34N4O6S. The highest BCUT2D eigenvalue weighted by atomic mass is 32.2. The molecule has 1 aromatic carbocycles. The number of thioether (sulfide) groups is 1. The molecule has 11 heteroatoms. The number of esters is 1. The Morgan fingerprint density at radius 3 is 2.65 bits per heavy atom. The summed E-state index contributed by atoms with van der Waals surface area (Å²) in [5.74, 6) is 0.493. The third-order valence-electron chi connectivity index (χ3n) is 6.55. The molecule has 0 aromatic heterocycles. The maximum atomic E-state index is 13.1. The standard InChI is InChI=1S/C26H34N4O6S/c1-5-19-22(25(32)35-4)23(18-7-6-8-20(33-2)24(18)34-3)30-17(16-37-26(30)28-19)15-21(31)27-9-10-29-11-13-36-14-12-29/h6-8,16,23H,5,9-15H2,1-4H3,(H,27,31)/t23-/m0/s1. The van der Waals surface area contributed by atoms with E-state index in [2.05, 4.69) is 10.2 Å². The number of ether oxygens (including phenoxy) is 4. The number of allylic oxidation sites excluding steroid dienone is 1. The molecule has 37 heavy (non-hydrogen) atoms. The lowest BCUT2D eigenvalue weighted by Gasteiger charge is -2.37. The summed E-state index contributed by atoms with van der Waals surface area (Å²) in [5.41, 5.74) is 2.53. The Morgan fingerprint density at radius 1 is 1.19 bits per heavy atom. The van der Waals surface area contributed by atoms with Crippen LogP contribution in [0.2, 0.25) is 0 Å². The number of fused-ring (bicyclic) bond motifs is 1. The fourth-order valence-corrected chi connectivity index (χ4v) is 5.68. The number of morpholine rings is 1. The van der Waals surface area contributed by atoms with Crippen molar-refractivity contribution in [2.75, 3.05) is 60.7 Å². The first-order valence-corrected chi connectivity index (χ1v) is 13.2. The van der Waals surface area contributed by atoms with Crippen LogP contribution >= 0.6 is 11.8 Å². The molecule has 1 saturated heterocycles. The van der Waals surface area contributed by atoms with Crippen molar-refractivity contribution in [3.8, 4) is 11.5 Å². The summed E-state index contributed by atoms with van der Waals surface area (Å²) >= 11 is 1.44. The van der Waals surface area contributed by atoms with Gasteiger partial charge in [0.25, 0.3) is 0 Å². The molecule has 200 valence electrons. The van der Waals surface area contributed by atoms with Gasteiger partial charge in [0.05, 0.1) is 58.3 Å². The Morgan fingerprint density at radius 2 is 1.97 bits per heavy atom. The number of aliphatic imine (C=N–C) groups is 1. The molecule has 3 heterocycles. The van der Waals surface area contributed by atoms with E-state index in [0.717, 1.165) is 44.1 Å². The third kappa shape index (κ3) is 5.78. The summed E-state index contributed by atoms with van der Waals surface area (Å²) in [4.78, 5) is 35.1. The van der Waals surface area contributed by atoms with Crippen LogP contribution in [-0.2, 0) is 19.1 Å². The average Bonchev–Trinajstić information content (AvgIpc) is 3.33. The maximum absolute atomic E-state index is 13.1. The van der Waals surface area contributed by atoms with Crippen LogP contribution in [-0.4, -0.2) is 87.6 Å². The zero-order chi connectivity index (χ0) is 26.4. The number of para-hydroxylation sites is 1. The molecular weight excluding hydrogens is 496 g/mol. The van der Waals surface area contributed by atoms with E-state index < -0.39 is 12.0 Å². The Bertz CT molecular complexity index is 1110. The van der Waals surface area contributed by atoms with E-state index in [1.165, 1.54) is 18.9 Å². The normalized spacial score (nSPS) is 19.7. The number of amidine groups is 1. The molecule has 0 saturated carbocycles. The minimum Gasteiger partial charge on any atom is -0.493 e. The molecule has 0 unspecified atom stereocenters. The van der Waals surface area contributed by atoms with Gasteiger partial charge in [0.1, 0.15) is 0 Å². The summed E-state index contributed by atoms with van der Waals surface area (Å²) in [6, 6.07) is 4.96. The second-order valence-corrected chi connectivity index (χ2v) is 9.50. The predicted octanol–water partition coefficient (Wildman–Crippen LogP) is 2.68. The molecule has 0 bridgehead atoms. The van der Waals surface area contributed by atoms with Gasteiger partial charge in [-0.1, -0.05) is 30.8 Å². The monoisotopic (exact) mass is 530 g/mol. The van der Waals surface area contributed by atoms with Crippen molar-refractivity contribution >= 4 is 28.8 Å². The van der Waals surface area contributed by atoms with E-state index in [9.17, 15) is 9.59 Å². The molecule has 1 fully saturated rings. The van der Waals surface area contributed by atoms with Crippen LogP contribution in [0, 0.1) is 0 Å². The van der Waals surface area contributed by atoms with Crippen molar-refractivity contribution in [1.82, 2.24) is 15.1 Å². The number of amides is 1. The lowest BCUT2D eigenvalue weighted by molar-refractivity contribution is -0.136. The van der Waals surface area contributed by atoms with Crippen LogP contribution in [0.4, 0.5) is 0 Å². The van der Waals surface area contributed by atoms with Crippen LogP contribution in [0.5, 0.6) is 11.5 Å². The first kappa shape index (κ1) is 27.0. The van der Waals surface area contributed by atoms with Gasteiger partial charge in [0.2, 0.25) is 5.91 Å². The molecule has 3 aliphatic rings. The SMILES string of the molecule is CCC1=C(C(=O)OC)[C@H](c2cccc(OC)c2OC)N2C(CC(=O)NCCN3CCOCC3)=CSC2=N1. The molecule has 3 aliphatic heterocycles. The van der Waals surface area contributed by atoms with E-state index in [-0.39, 0.29) is 12.3 Å². The van der Waals surface area contributed by atoms with Crippen LogP contribution < -0.4 is 14.8 Å². The lowest BCUT2D eigenvalue weighted by atomic mass is 9.92. The largest absolute Gasteiger partial charge is 0.493 e. The van der Waals surface area contributed by atoms with Gasteiger partial charge < -0.3 is 29.2 Å². The molecule has 0 aliphatic carbocycles. The molecule has 0 radical (unpaired) electrons. The molecule has 10 nitrogen and oxygen atoms in total. The maximum Gasteiger partial charge on any atom is 0.338 e. The van der Waals surface area contributed by atoms with E-state index >= 15 is 0 Å². The molecule has 1 atom stereocenters. The quantitative estimate of drug-likeness (QED) is 0.458. The Hall–Kier alpha value is -3.02. The van der Waals surface area contributed by atoms with Gasteiger partial charge >= 0.3 is 5.97 Å². The summed E-state index contributed by atoms with van der Waals surface area (Å²) in [5, 5.41) is 5.65. The van der Waals surface area contributed by atoms with Crippen molar-refractivity contribution < 1.29 is 28.5 Å². The number of hydrogen-bond acceptors (Lipinski definition) is 10. The van der Waals surface area contributed by atoms with Crippen molar-refractivity contribution in [3.05, 3.63) is 46.1 Å². The highest BCUT2D eigenvalue weighted by Crippen LogP contribution is 2.49. The van der Waals surface area contributed by atoms with Gasteiger partial charge in [-0.3, -0.25) is 9.69 Å². The van der Waals surface area contributed by atoms with E-state index in [4.69, 9.17) is 23.9 Å². The first-order valence-electron chi connectivity index (χ1n) is 12.3. The van der Waals surface area contributed by atoms with Gasteiger partial charge in [-0.2, -0.15) is 0 Å². The number of carbonyl (C=O) groups excluding carboxylic acids is 2. The van der Waals surface area contributed by atoms with E-state index in [1.807, 2.05) is 29.4 Å². The average molecular weight is 531 g/mol. The van der Waals surface area contributed by atoms with Gasteiger partial charge in [-0.15, -0.1) is 0 Å². The van der Waals surface area contributed by atoms with Gasteiger partial charge in [-0.25, -0.2) is 9.79 Å². The summed E-state index contributed by atoms with van der Waals surface area (Å²) in [7, 11) is 4.50. The smallest absolute Gasteiger partial charge is 0.338 e. The van der Waals surface area contributed by atoms with Gasteiger partial charge in [-0.05, 0) is 17.9 Å². The Balaban J connectivity index is 1.62. The zero-order valence-electron chi connectivity index (χ0n) is 21.7. The summed E-state index contributed by atoms with van der Waals surface area (Å²) in [6.07, 6.45) is 0.691. The van der Waals surface area contributed by atoms with Crippen LogP contribution in [0.25, 0.3) is 0 Å². The van der Waals surface area contributed by atoms with Gasteiger partial charge in [0, 0.05) is 37.4 Å². The van der Waals surface area contributed by atoms with Crippen molar-refractivity contribution in [1.29, 1.82) is 0 Å². The second-order valence-electron chi connectivity index (χ2n) is 8.66. The zero-order valence-corrected chi connectivity index (χ0v) is 22.6. The van der Waals surface area contributed by atoms with Crippen LogP contribution in [0.1, 0.15) is 31.4 Å².